The molecule has 6 nitrogen and oxygen atoms in total. The van der Waals surface area contributed by atoms with Gasteiger partial charge < -0.3 is 10.2 Å². The number of carbonyl (C=O) groups is 3. The monoisotopic (exact) mass is 253 g/mol. The molecule has 0 bridgehead atoms. The van der Waals surface area contributed by atoms with Crippen LogP contribution in [-0.2, 0) is 14.4 Å². The van der Waals surface area contributed by atoms with Crippen molar-refractivity contribution >= 4 is 17.7 Å². The quantitative estimate of drug-likeness (QED) is 0.649. The summed E-state index contributed by atoms with van der Waals surface area (Å²) in [4.78, 5) is 35.6. The zero-order valence-corrected chi connectivity index (χ0v) is 10.4. The van der Waals surface area contributed by atoms with Crippen LogP contribution in [0.2, 0.25) is 0 Å². The lowest BCUT2D eigenvalue weighted by molar-refractivity contribution is -0.145. The maximum absolute atomic E-state index is 11.9. The van der Waals surface area contributed by atoms with Gasteiger partial charge in [0.1, 0.15) is 13.1 Å². The average molecular weight is 253 g/mol. The molecule has 0 saturated carbocycles. The minimum absolute atomic E-state index is 0.00743. The molecule has 2 aliphatic rings. The number of piperazine rings is 1. The van der Waals surface area contributed by atoms with Gasteiger partial charge in [0.25, 0.3) is 0 Å². The van der Waals surface area contributed by atoms with E-state index in [4.69, 9.17) is 0 Å². The lowest BCUT2D eigenvalue weighted by atomic mass is 9.94. The first-order chi connectivity index (χ1) is 8.65. The lowest BCUT2D eigenvalue weighted by Crippen LogP contribution is -2.53. The highest BCUT2D eigenvalue weighted by Gasteiger charge is 2.26. The van der Waals surface area contributed by atoms with Gasteiger partial charge in [0.15, 0.2) is 0 Å². The molecular weight excluding hydrogens is 234 g/mol. The number of nitrogens with zero attached hydrogens (tertiary/aromatic N) is 1. The smallest absolute Gasteiger partial charge is 0.246 e. The Bertz CT molecular complexity index is 334. The Morgan fingerprint density at radius 2 is 2.00 bits per heavy atom. The molecule has 0 aromatic carbocycles. The molecule has 0 radical (unpaired) electrons. The number of hydrogen-bond donors (Lipinski definition) is 2. The van der Waals surface area contributed by atoms with Gasteiger partial charge in [-0.25, -0.2) is 0 Å². The predicted molar refractivity (Wildman–Crippen MR) is 64.6 cm³/mol. The molecule has 0 aliphatic carbocycles. The van der Waals surface area contributed by atoms with Crippen molar-refractivity contribution in [2.75, 3.05) is 26.2 Å². The Morgan fingerprint density at radius 1 is 1.28 bits per heavy atom. The molecule has 2 rings (SSSR count). The highest BCUT2D eigenvalue weighted by molar-refractivity contribution is 6.02. The van der Waals surface area contributed by atoms with Crippen molar-refractivity contribution in [3.63, 3.8) is 0 Å². The molecule has 0 spiro atoms. The van der Waals surface area contributed by atoms with Crippen molar-refractivity contribution < 1.29 is 14.4 Å². The second kappa shape index (κ2) is 5.95. The van der Waals surface area contributed by atoms with Gasteiger partial charge in [0, 0.05) is 6.42 Å². The molecule has 6 heteroatoms. The third-order valence-electron chi connectivity index (χ3n) is 3.47. The van der Waals surface area contributed by atoms with Crippen LogP contribution in [0.1, 0.15) is 25.7 Å². The van der Waals surface area contributed by atoms with Crippen LogP contribution in [0.3, 0.4) is 0 Å². The number of carbonyl (C=O) groups excluding carboxylic acids is 3. The van der Waals surface area contributed by atoms with Crippen LogP contribution in [0.4, 0.5) is 0 Å². The molecule has 100 valence electrons. The number of rotatable bonds is 3. The Kier molecular flexibility index (Phi) is 4.30. The molecule has 1 atom stereocenters. The number of imide groups is 1. The summed E-state index contributed by atoms with van der Waals surface area (Å²) in [6.45, 7) is 2.04. The third kappa shape index (κ3) is 3.53. The van der Waals surface area contributed by atoms with Crippen molar-refractivity contribution in [3.8, 4) is 0 Å². The maximum atomic E-state index is 11.9. The molecule has 2 heterocycles. The summed E-state index contributed by atoms with van der Waals surface area (Å²) < 4.78 is 0. The van der Waals surface area contributed by atoms with Crippen molar-refractivity contribution in [1.29, 1.82) is 0 Å². The predicted octanol–water partition coefficient (Wildman–Crippen LogP) is -0.749. The van der Waals surface area contributed by atoms with Crippen molar-refractivity contribution in [3.05, 3.63) is 0 Å². The standard InChI is InChI=1S/C12H19N3O3/c16-10-7-15(8-11(17)14-10)12(18)4-3-9-2-1-5-13-6-9/h9,13H,1-8H2,(H,14,16,17). The highest BCUT2D eigenvalue weighted by Crippen LogP contribution is 2.16. The lowest BCUT2D eigenvalue weighted by Gasteiger charge is -2.27. The van der Waals surface area contributed by atoms with E-state index in [-0.39, 0.29) is 30.8 Å². The Labute approximate surface area is 106 Å². The fourth-order valence-electron chi connectivity index (χ4n) is 2.47. The van der Waals surface area contributed by atoms with E-state index in [1.54, 1.807) is 0 Å². The molecule has 2 saturated heterocycles. The van der Waals surface area contributed by atoms with Gasteiger partial charge in [-0.1, -0.05) is 0 Å². The second-order valence-corrected chi connectivity index (χ2v) is 4.97. The SMILES string of the molecule is O=C1CN(C(=O)CCC2CCCNC2)CC(=O)N1. The third-order valence-corrected chi connectivity index (χ3v) is 3.47. The molecule has 2 N–H and O–H groups in total. The van der Waals surface area contributed by atoms with Crippen LogP contribution < -0.4 is 10.6 Å². The second-order valence-electron chi connectivity index (χ2n) is 4.97. The van der Waals surface area contributed by atoms with Crippen LogP contribution in [-0.4, -0.2) is 48.8 Å². The van der Waals surface area contributed by atoms with Crippen LogP contribution in [0.15, 0.2) is 0 Å². The molecular formula is C12H19N3O3. The van der Waals surface area contributed by atoms with Gasteiger partial charge in [0.05, 0.1) is 0 Å². The summed E-state index contributed by atoms with van der Waals surface area (Å²) in [5.41, 5.74) is 0. The molecule has 2 fully saturated rings. The zero-order chi connectivity index (χ0) is 13.0. The Balaban J connectivity index is 1.76. The summed E-state index contributed by atoms with van der Waals surface area (Å²) in [5.74, 6) is -0.335. The number of amides is 3. The minimum Gasteiger partial charge on any atom is -0.324 e. The molecule has 0 aromatic heterocycles. The highest BCUT2D eigenvalue weighted by atomic mass is 16.2. The van der Waals surface area contributed by atoms with E-state index < -0.39 is 0 Å². The largest absolute Gasteiger partial charge is 0.324 e. The number of nitrogens with one attached hydrogen (secondary N) is 2. The van der Waals surface area contributed by atoms with Gasteiger partial charge in [0.2, 0.25) is 17.7 Å². The first-order valence-corrected chi connectivity index (χ1v) is 6.46. The first kappa shape index (κ1) is 13.0. The normalized spacial score (nSPS) is 24.9. The minimum atomic E-state index is -0.390. The Hall–Kier alpha value is -1.43. The van der Waals surface area contributed by atoms with Gasteiger partial charge >= 0.3 is 0 Å². The number of piperidine rings is 1. The average Bonchev–Trinajstić information content (AvgIpc) is 2.36. The first-order valence-electron chi connectivity index (χ1n) is 6.46. The fraction of sp³-hybridized carbons (Fsp3) is 0.750. The fourth-order valence-corrected chi connectivity index (χ4v) is 2.47. The van der Waals surface area contributed by atoms with E-state index in [9.17, 15) is 14.4 Å². The van der Waals surface area contributed by atoms with Gasteiger partial charge in [-0.05, 0) is 38.3 Å². The van der Waals surface area contributed by atoms with Crippen LogP contribution in [0.25, 0.3) is 0 Å². The van der Waals surface area contributed by atoms with Crippen molar-refractivity contribution in [1.82, 2.24) is 15.5 Å². The van der Waals surface area contributed by atoms with E-state index >= 15 is 0 Å². The van der Waals surface area contributed by atoms with E-state index in [1.807, 2.05) is 0 Å². The summed E-state index contributed by atoms with van der Waals surface area (Å²) in [6, 6.07) is 0. The van der Waals surface area contributed by atoms with Crippen LogP contribution >= 0.6 is 0 Å². The number of hydrogen-bond acceptors (Lipinski definition) is 4. The van der Waals surface area contributed by atoms with E-state index in [0.29, 0.717) is 12.3 Å². The van der Waals surface area contributed by atoms with E-state index in [2.05, 4.69) is 10.6 Å². The molecule has 18 heavy (non-hydrogen) atoms. The molecule has 3 amide bonds. The summed E-state index contributed by atoms with van der Waals surface area (Å²) in [6.07, 6.45) is 3.56. The van der Waals surface area contributed by atoms with E-state index in [1.165, 1.54) is 4.90 Å². The summed E-state index contributed by atoms with van der Waals surface area (Å²) in [5, 5.41) is 5.50. The van der Waals surface area contributed by atoms with Crippen molar-refractivity contribution in [2.24, 2.45) is 5.92 Å². The van der Waals surface area contributed by atoms with Gasteiger partial charge in [-0.2, -0.15) is 0 Å². The van der Waals surface area contributed by atoms with Crippen molar-refractivity contribution in [2.45, 2.75) is 25.7 Å². The molecule has 2 aliphatic heterocycles. The Morgan fingerprint density at radius 3 is 2.61 bits per heavy atom. The topological polar surface area (TPSA) is 78.5 Å². The van der Waals surface area contributed by atoms with Crippen LogP contribution in [0, 0.1) is 5.92 Å². The van der Waals surface area contributed by atoms with Crippen LogP contribution in [0.5, 0.6) is 0 Å². The molecule has 1 unspecified atom stereocenters. The van der Waals surface area contributed by atoms with Gasteiger partial charge in [-0.3, -0.25) is 19.7 Å². The summed E-state index contributed by atoms with van der Waals surface area (Å²) >= 11 is 0. The molecule has 0 aromatic rings. The zero-order valence-electron chi connectivity index (χ0n) is 10.4. The van der Waals surface area contributed by atoms with Gasteiger partial charge in [-0.15, -0.1) is 0 Å². The maximum Gasteiger partial charge on any atom is 0.246 e. The van der Waals surface area contributed by atoms with E-state index in [0.717, 1.165) is 32.4 Å². The summed E-state index contributed by atoms with van der Waals surface area (Å²) in [7, 11) is 0.